The first-order valence-electron chi connectivity index (χ1n) is 11.7. The zero-order chi connectivity index (χ0) is 19.9. The number of ether oxygens (including phenoxy) is 1. The Balaban J connectivity index is 1.19. The number of piperidine rings is 2. The molecule has 3 aliphatic heterocycles. The van der Waals surface area contributed by atoms with E-state index in [0.29, 0.717) is 12.1 Å². The number of nitrogens with zero attached hydrogens (tertiary/aromatic N) is 2. The lowest BCUT2D eigenvalue weighted by Crippen LogP contribution is -2.52. The van der Waals surface area contributed by atoms with Crippen LogP contribution in [0.5, 0.6) is 0 Å². The molecule has 0 radical (unpaired) electrons. The van der Waals surface area contributed by atoms with Crippen LogP contribution >= 0.6 is 0 Å². The summed E-state index contributed by atoms with van der Waals surface area (Å²) >= 11 is 0. The predicted octanol–water partition coefficient (Wildman–Crippen LogP) is 2.70. The van der Waals surface area contributed by atoms with Gasteiger partial charge in [-0.05, 0) is 70.1 Å². The normalized spacial score (nSPS) is 25.7. The highest BCUT2D eigenvalue weighted by molar-refractivity contribution is 5.79. The Morgan fingerprint density at radius 1 is 1.00 bits per heavy atom. The number of carbonyl (C=O) groups excluding carboxylic acids is 1. The molecule has 1 amide bonds. The Labute approximate surface area is 175 Å². The molecule has 5 nitrogen and oxygen atoms in total. The molecule has 3 heterocycles. The van der Waals surface area contributed by atoms with E-state index in [2.05, 4.69) is 45.4 Å². The second-order valence-corrected chi connectivity index (χ2v) is 9.04. The van der Waals surface area contributed by atoms with Crippen molar-refractivity contribution < 1.29 is 9.53 Å². The van der Waals surface area contributed by atoms with Gasteiger partial charge < -0.3 is 15.0 Å². The number of rotatable bonds is 6. The van der Waals surface area contributed by atoms with Gasteiger partial charge in [0.15, 0.2) is 0 Å². The Morgan fingerprint density at radius 3 is 2.52 bits per heavy atom. The minimum atomic E-state index is 0.169. The fourth-order valence-corrected chi connectivity index (χ4v) is 5.15. The number of amides is 1. The molecule has 0 bridgehead atoms. The number of hydrogen-bond acceptors (Lipinski definition) is 4. The molecule has 0 aromatic heterocycles. The Kier molecular flexibility index (Phi) is 7.58. The average molecular weight is 400 g/mol. The van der Waals surface area contributed by atoms with Gasteiger partial charge in [0.1, 0.15) is 0 Å². The summed E-state index contributed by atoms with van der Waals surface area (Å²) in [6.07, 6.45) is 7.74. The van der Waals surface area contributed by atoms with Gasteiger partial charge in [-0.25, -0.2) is 0 Å². The van der Waals surface area contributed by atoms with Gasteiger partial charge in [0.25, 0.3) is 0 Å². The zero-order valence-electron chi connectivity index (χ0n) is 17.7. The van der Waals surface area contributed by atoms with Crippen LogP contribution in [0.3, 0.4) is 0 Å². The minimum Gasteiger partial charge on any atom is -0.381 e. The standard InChI is InChI=1S/C24H37N3O2/c28-24(25-22-11-17-29-18-12-22)21-7-4-13-27(19-21)23-9-15-26(16-10-23)14-8-20-5-2-1-3-6-20/h1-3,5-6,21-23H,4,7-19H2,(H,25,28). The molecule has 1 aromatic carbocycles. The first-order chi connectivity index (χ1) is 14.3. The van der Waals surface area contributed by atoms with Gasteiger partial charge in [-0.15, -0.1) is 0 Å². The topological polar surface area (TPSA) is 44.8 Å². The molecule has 3 saturated heterocycles. The van der Waals surface area contributed by atoms with E-state index >= 15 is 0 Å². The monoisotopic (exact) mass is 399 g/mol. The molecule has 160 valence electrons. The largest absolute Gasteiger partial charge is 0.381 e. The minimum absolute atomic E-state index is 0.169. The first kappa shape index (κ1) is 20.8. The van der Waals surface area contributed by atoms with Gasteiger partial charge >= 0.3 is 0 Å². The van der Waals surface area contributed by atoms with Crippen molar-refractivity contribution in [2.45, 2.75) is 57.0 Å². The summed E-state index contributed by atoms with van der Waals surface area (Å²) in [5.41, 5.74) is 1.43. The van der Waals surface area contributed by atoms with Crippen LogP contribution in [-0.2, 0) is 16.0 Å². The van der Waals surface area contributed by atoms with Crippen molar-refractivity contribution in [1.29, 1.82) is 0 Å². The summed E-state index contributed by atoms with van der Waals surface area (Å²) in [5, 5.41) is 3.30. The molecule has 0 aliphatic carbocycles. The molecule has 4 rings (SSSR count). The number of nitrogens with one attached hydrogen (secondary N) is 1. The van der Waals surface area contributed by atoms with Gasteiger partial charge in [-0.3, -0.25) is 9.69 Å². The molecule has 29 heavy (non-hydrogen) atoms. The molecule has 3 fully saturated rings. The third-order valence-corrected chi connectivity index (χ3v) is 7.02. The molecular weight excluding hydrogens is 362 g/mol. The van der Waals surface area contributed by atoms with Crippen LogP contribution in [0.15, 0.2) is 30.3 Å². The summed E-state index contributed by atoms with van der Waals surface area (Å²) < 4.78 is 5.41. The maximum Gasteiger partial charge on any atom is 0.224 e. The molecule has 0 saturated carbocycles. The summed E-state index contributed by atoms with van der Waals surface area (Å²) in [5.74, 6) is 0.449. The zero-order valence-corrected chi connectivity index (χ0v) is 17.7. The van der Waals surface area contributed by atoms with Crippen molar-refractivity contribution in [1.82, 2.24) is 15.1 Å². The maximum absolute atomic E-state index is 12.8. The average Bonchev–Trinajstić information content (AvgIpc) is 2.79. The van der Waals surface area contributed by atoms with E-state index in [1.807, 2.05) is 0 Å². The highest BCUT2D eigenvalue weighted by atomic mass is 16.5. The fourth-order valence-electron chi connectivity index (χ4n) is 5.15. The second-order valence-electron chi connectivity index (χ2n) is 9.04. The predicted molar refractivity (Wildman–Crippen MR) is 116 cm³/mol. The van der Waals surface area contributed by atoms with Crippen molar-refractivity contribution in [3.8, 4) is 0 Å². The van der Waals surface area contributed by atoms with E-state index in [9.17, 15) is 4.79 Å². The van der Waals surface area contributed by atoms with Crippen LogP contribution in [0, 0.1) is 5.92 Å². The van der Waals surface area contributed by atoms with E-state index < -0.39 is 0 Å². The molecular formula is C24H37N3O2. The van der Waals surface area contributed by atoms with Crippen LogP contribution in [0.2, 0.25) is 0 Å². The van der Waals surface area contributed by atoms with Crippen LogP contribution in [-0.4, -0.2) is 73.7 Å². The smallest absolute Gasteiger partial charge is 0.224 e. The number of hydrogen-bond donors (Lipinski definition) is 1. The van der Waals surface area contributed by atoms with Gasteiger partial charge in [-0.1, -0.05) is 30.3 Å². The van der Waals surface area contributed by atoms with E-state index in [-0.39, 0.29) is 11.8 Å². The lowest BCUT2D eigenvalue weighted by atomic mass is 9.92. The number of carbonyl (C=O) groups is 1. The lowest BCUT2D eigenvalue weighted by Gasteiger charge is -2.42. The van der Waals surface area contributed by atoms with E-state index in [1.165, 1.54) is 31.5 Å². The molecule has 1 atom stereocenters. The van der Waals surface area contributed by atoms with Crippen LogP contribution in [0.4, 0.5) is 0 Å². The van der Waals surface area contributed by atoms with Gasteiger partial charge in [0, 0.05) is 38.4 Å². The fraction of sp³-hybridized carbons (Fsp3) is 0.708. The van der Waals surface area contributed by atoms with Crippen LogP contribution in [0.25, 0.3) is 0 Å². The number of benzene rings is 1. The van der Waals surface area contributed by atoms with Crippen molar-refractivity contribution in [3.05, 3.63) is 35.9 Å². The molecule has 1 aromatic rings. The van der Waals surface area contributed by atoms with Crippen molar-refractivity contribution in [2.24, 2.45) is 5.92 Å². The summed E-state index contributed by atoms with van der Waals surface area (Å²) in [7, 11) is 0. The molecule has 1 unspecified atom stereocenters. The summed E-state index contributed by atoms with van der Waals surface area (Å²) in [6.45, 7) is 7.21. The Hall–Kier alpha value is -1.43. The third kappa shape index (κ3) is 6.03. The quantitative estimate of drug-likeness (QED) is 0.799. The highest BCUT2D eigenvalue weighted by Crippen LogP contribution is 2.24. The van der Waals surface area contributed by atoms with Crippen molar-refractivity contribution in [2.75, 3.05) is 45.9 Å². The van der Waals surface area contributed by atoms with E-state index in [0.717, 1.165) is 65.0 Å². The molecule has 3 aliphatic rings. The molecule has 0 spiro atoms. The summed E-state index contributed by atoms with van der Waals surface area (Å²) in [4.78, 5) is 18.0. The van der Waals surface area contributed by atoms with E-state index in [4.69, 9.17) is 4.74 Å². The molecule has 5 heteroatoms. The van der Waals surface area contributed by atoms with Gasteiger partial charge in [0.05, 0.1) is 5.92 Å². The second kappa shape index (κ2) is 10.6. The summed E-state index contributed by atoms with van der Waals surface area (Å²) in [6, 6.07) is 11.8. The first-order valence-corrected chi connectivity index (χ1v) is 11.7. The third-order valence-electron chi connectivity index (χ3n) is 7.02. The van der Waals surface area contributed by atoms with Crippen molar-refractivity contribution in [3.63, 3.8) is 0 Å². The van der Waals surface area contributed by atoms with E-state index in [1.54, 1.807) is 0 Å². The Bertz CT molecular complexity index is 624. The highest BCUT2D eigenvalue weighted by Gasteiger charge is 2.32. The van der Waals surface area contributed by atoms with Gasteiger partial charge in [-0.2, -0.15) is 0 Å². The Morgan fingerprint density at radius 2 is 1.76 bits per heavy atom. The molecule has 1 N–H and O–H groups in total. The maximum atomic E-state index is 12.8. The van der Waals surface area contributed by atoms with Crippen LogP contribution in [0.1, 0.15) is 44.1 Å². The number of likely N-dealkylation sites (tertiary alicyclic amines) is 2. The van der Waals surface area contributed by atoms with Gasteiger partial charge in [0.2, 0.25) is 5.91 Å². The SMILES string of the molecule is O=C(NC1CCOCC1)C1CCCN(C2CCN(CCc3ccccc3)CC2)C1. The van der Waals surface area contributed by atoms with Crippen LogP contribution < -0.4 is 5.32 Å². The lowest BCUT2D eigenvalue weighted by molar-refractivity contribution is -0.128. The van der Waals surface area contributed by atoms with Crippen molar-refractivity contribution >= 4 is 5.91 Å².